The van der Waals surface area contributed by atoms with E-state index in [2.05, 4.69) is 5.32 Å². The van der Waals surface area contributed by atoms with Gasteiger partial charge in [0.25, 0.3) is 11.4 Å². The lowest BCUT2D eigenvalue weighted by Crippen LogP contribution is -2.13. The summed E-state index contributed by atoms with van der Waals surface area (Å²) >= 11 is 23.1. The molecule has 8 nitrogen and oxygen atoms in total. The number of hydrogen-bond donors (Lipinski definition) is 2. The Balaban J connectivity index is 0.000000283. The van der Waals surface area contributed by atoms with Crippen molar-refractivity contribution in [2.24, 2.45) is 5.73 Å². The first-order valence-corrected chi connectivity index (χ1v) is 9.30. The number of benzene rings is 2. The normalized spacial score (nSPS) is 10.2. The predicted octanol–water partition coefficient (Wildman–Crippen LogP) is 5.37. The van der Waals surface area contributed by atoms with E-state index in [1.54, 1.807) is 0 Å². The number of rotatable bonds is 6. The van der Waals surface area contributed by atoms with Gasteiger partial charge in [-0.1, -0.05) is 53.3 Å². The molecule has 0 radical (unpaired) electrons. The fourth-order valence-corrected chi connectivity index (χ4v) is 2.94. The Kier molecular flexibility index (Phi) is 9.88. The van der Waals surface area contributed by atoms with Crippen LogP contribution in [0.25, 0.3) is 0 Å². The maximum Gasteiger partial charge on any atom is 0.275 e. The molecule has 0 unspecified atom stereocenters. The molecule has 0 aromatic heterocycles. The molecule has 0 saturated heterocycles. The van der Waals surface area contributed by atoms with Gasteiger partial charge < -0.3 is 11.1 Å². The molecule has 0 amide bonds. The second-order valence-electron chi connectivity index (χ2n) is 5.22. The minimum Gasteiger partial charge on any atom is -0.326 e. The van der Waals surface area contributed by atoms with Gasteiger partial charge in [0.2, 0.25) is 0 Å². The maximum absolute atomic E-state index is 10.7. The third-order valence-electron chi connectivity index (χ3n) is 3.49. The Morgan fingerprint density at radius 3 is 1.71 bits per heavy atom. The maximum atomic E-state index is 10.7. The van der Waals surface area contributed by atoms with Crippen molar-refractivity contribution in [2.75, 3.05) is 6.54 Å². The number of nitro groups is 2. The minimum absolute atomic E-state index is 0.00426. The van der Waals surface area contributed by atoms with Crippen LogP contribution in [0.1, 0.15) is 18.1 Å². The first-order valence-electron chi connectivity index (χ1n) is 7.78. The van der Waals surface area contributed by atoms with Crippen LogP contribution >= 0.6 is 46.4 Å². The van der Waals surface area contributed by atoms with Crippen LogP contribution in [0.2, 0.25) is 20.1 Å². The Hall–Kier alpha value is -1.68. The molecule has 2 aromatic carbocycles. The van der Waals surface area contributed by atoms with Crippen LogP contribution in [0.15, 0.2) is 24.3 Å². The van der Waals surface area contributed by atoms with Crippen LogP contribution in [0.3, 0.4) is 0 Å². The van der Waals surface area contributed by atoms with E-state index in [0.717, 1.165) is 0 Å². The largest absolute Gasteiger partial charge is 0.326 e. The van der Waals surface area contributed by atoms with Crippen LogP contribution in [-0.2, 0) is 13.1 Å². The summed E-state index contributed by atoms with van der Waals surface area (Å²) in [6.07, 6.45) is 0. The number of nitrogens with one attached hydrogen (secondary N) is 1. The second-order valence-corrected chi connectivity index (χ2v) is 6.79. The van der Waals surface area contributed by atoms with Crippen molar-refractivity contribution >= 4 is 57.8 Å². The number of halogens is 4. The van der Waals surface area contributed by atoms with Gasteiger partial charge in [-0.05, 0) is 18.7 Å². The number of nitrogens with two attached hydrogens (primary N) is 1. The zero-order valence-electron chi connectivity index (χ0n) is 14.5. The van der Waals surface area contributed by atoms with Gasteiger partial charge in [0.15, 0.2) is 0 Å². The van der Waals surface area contributed by atoms with E-state index < -0.39 is 9.85 Å². The lowest BCUT2D eigenvalue weighted by atomic mass is 10.2. The monoisotopic (exact) mass is 468 g/mol. The van der Waals surface area contributed by atoms with E-state index in [0.29, 0.717) is 23.7 Å². The standard InChI is InChI=1S/C9H10Cl2N2O2.C7H6Cl2N2O2/c1-2-12-5-6-8(13(14)15)4-3-7(10)9(6)11;8-5-1-2-6(11(12)13)4(3-10)7(5)9/h3-4,12H,2,5H2,1H3;1-2H,3,10H2. The minimum atomic E-state index is -0.537. The lowest BCUT2D eigenvalue weighted by Gasteiger charge is -2.06. The molecule has 0 saturated carbocycles. The van der Waals surface area contributed by atoms with Crippen LogP contribution < -0.4 is 11.1 Å². The molecule has 152 valence electrons. The summed E-state index contributed by atoms with van der Waals surface area (Å²) < 4.78 is 0. The molecule has 0 fully saturated rings. The van der Waals surface area contributed by atoms with Gasteiger partial charge in [-0.2, -0.15) is 0 Å². The molecule has 0 aliphatic rings. The molecule has 0 heterocycles. The summed E-state index contributed by atoms with van der Waals surface area (Å²) in [7, 11) is 0. The quantitative estimate of drug-likeness (QED) is 0.432. The average Bonchev–Trinajstić information content (AvgIpc) is 2.65. The summed E-state index contributed by atoms with van der Waals surface area (Å²) in [6, 6.07) is 5.45. The van der Waals surface area contributed by atoms with Crippen molar-refractivity contribution in [3.05, 3.63) is 75.7 Å². The topological polar surface area (TPSA) is 124 Å². The molecule has 0 spiro atoms. The van der Waals surface area contributed by atoms with Gasteiger partial charge in [0, 0.05) is 25.2 Å². The highest BCUT2D eigenvalue weighted by Crippen LogP contribution is 2.33. The van der Waals surface area contributed by atoms with Gasteiger partial charge in [-0.25, -0.2) is 0 Å². The molecule has 28 heavy (non-hydrogen) atoms. The van der Waals surface area contributed by atoms with Crippen molar-refractivity contribution in [2.45, 2.75) is 20.0 Å². The van der Waals surface area contributed by atoms with Crippen molar-refractivity contribution in [3.8, 4) is 0 Å². The highest BCUT2D eigenvalue weighted by Gasteiger charge is 2.19. The lowest BCUT2D eigenvalue weighted by molar-refractivity contribution is -0.385. The molecule has 3 N–H and O–H groups in total. The summed E-state index contributed by atoms with van der Waals surface area (Å²) in [5, 5.41) is 25.2. The van der Waals surface area contributed by atoms with E-state index in [1.165, 1.54) is 24.3 Å². The van der Waals surface area contributed by atoms with Crippen LogP contribution in [-0.4, -0.2) is 16.4 Å². The second kappa shape index (κ2) is 11.4. The zero-order valence-corrected chi connectivity index (χ0v) is 17.6. The van der Waals surface area contributed by atoms with Crippen molar-refractivity contribution in [1.29, 1.82) is 0 Å². The third kappa shape index (κ3) is 6.16. The van der Waals surface area contributed by atoms with Crippen molar-refractivity contribution in [3.63, 3.8) is 0 Å². The summed E-state index contributed by atoms with van der Waals surface area (Å²) in [6.45, 7) is 2.95. The molecule has 0 bridgehead atoms. The molecule has 0 aliphatic carbocycles. The van der Waals surface area contributed by atoms with E-state index >= 15 is 0 Å². The van der Waals surface area contributed by atoms with Gasteiger partial charge in [0.1, 0.15) is 0 Å². The zero-order chi connectivity index (χ0) is 21.4. The average molecular weight is 470 g/mol. The fourth-order valence-electron chi connectivity index (χ4n) is 2.12. The van der Waals surface area contributed by atoms with E-state index in [4.69, 9.17) is 52.1 Å². The molecular weight excluding hydrogens is 454 g/mol. The highest BCUT2D eigenvalue weighted by molar-refractivity contribution is 6.43. The highest BCUT2D eigenvalue weighted by atomic mass is 35.5. The van der Waals surface area contributed by atoms with Crippen LogP contribution in [0, 0.1) is 20.2 Å². The molecule has 0 atom stereocenters. The van der Waals surface area contributed by atoms with Gasteiger partial charge >= 0.3 is 0 Å². The Labute approximate surface area is 180 Å². The van der Waals surface area contributed by atoms with Crippen LogP contribution in [0.4, 0.5) is 11.4 Å². The fraction of sp³-hybridized carbons (Fsp3) is 0.250. The Bertz CT molecular complexity index is 880. The smallest absolute Gasteiger partial charge is 0.275 e. The number of nitro benzene ring substituents is 2. The van der Waals surface area contributed by atoms with Gasteiger partial charge in [-0.15, -0.1) is 0 Å². The molecule has 0 aliphatic heterocycles. The van der Waals surface area contributed by atoms with E-state index in [-0.39, 0.29) is 38.6 Å². The predicted molar refractivity (Wildman–Crippen MR) is 112 cm³/mol. The Morgan fingerprint density at radius 2 is 1.32 bits per heavy atom. The van der Waals surface area contributed by atoms with Crippen molar-refractivity contribution < 1.29 is 9.85 Å². The molecule has 2 rings (SSSR count). The number of hydrogen-bond acceptors (Lipinski definition) is 6. The molecule has 12 heteroatoms. The molecular formula is C16H16Cl4N4O4. The summed E-state index contributed by atoms with van der Waals surface area (Å²) in [5.74, 6) is 0. The SMILES string of the molecule is CCNCc1c([N+](=O)[O-])ccc(Cl)c1Cl.NCc1c([N+](=O)[O-])ccc(Cl)c1Cl. The molecule has 2 aromatic rings. The van der Waals surface area contributed by atoms with E-state index in [1.807, 2.05) is 6.92 Å². The first kappa shape index (κ1) is 24.4. The van der Waals surface area contributed by atoms with Gasteiger partial charge in [0.05, 0.1) is 41.1 Å². The number of nitrogens with zero attached hydrogens (tertiary/aromatic N) is 2. The van der Waals surface area contributed by atoms with Crippen molar-refractivity contribution in [1.82, 2.24) is 5.32 Å². The van der Waals surface area contributed by atoms with Gasteiger partial charge in [-0.3, -0.25) is 20.2 Å². The van der Waals surface area contributed by atoms with E-state index in [9.17, 15) is 20.2 Å². The summed E-state index contributed by atoms with van der Waals surface area (Å²) in [4.78, 5) is 20.2. The van der Waals surface area contributed by atoms with Crippen LogP contribution in [0.5, 0.6) is 0 Å². The third-order valence-corrected chi connectivity index (χ3v) is 5.18. The Morgan fingerprint density at radius 1 is 0.893 bits per heavy atom. The first-order chi connectivity index (χ1) is 13.1. The summed E-state index contributed by atoms with van der Waals surface area (Å²) in [5.41, 5.74) is 5.89.